The van der Waals surface area contributed by atoms with E-state index >= 15 is 0 Å². The van der Waals surface area contributed by atoms with Gasteiger partial charge in [-0.05, 0) is 26.3 Å². The van der Waals surface area contributed by atoms with Crippen molar-refractivity contribution in [3.63, 3.8) is 0 Å². The fraction of sp³-hybridized carbons (Fsp3) is 0.250. The Morgan fingerprint density at radius 3 is 2.10 bits per heavy atom. The zero-order valence-corrected chi connectivity index (χ0v) is 12.2. The second-order valence-corrected chi connectivity index (χ2v) is 4.24. The Kier molecular flexibility index (Phi) is 8.43. The van der Waals surface area contributed by atoms with Crippen molar-refractivity contribution in [3.05, 3.63) is 59.3 Å². The number of ether oxygens (including phenoxy) is 1. The van der Waals surface area contributed by atoms with Gasteiger partial charge in [0.05, 0.1) is 7.11 Å². The van der Waals surface area contributed by atoms with Crippen molar-refractivity contribution in [2.75, 3.05) is 7.11 Å². The number of carbonyl (C=O) groups excluding carboxylic acids is 1. The monoisotopic (exact) mass is 276 g/mol. The summed E-state index contributed by atoms with van der Waals surface area (Å²) in [7, 11) is 1.33. The zero-order valence-electron chi connectivity index (χ0n) is 12.2. The van der Waals surface area contributed by atoms with E-state index in [1.54, 1.807) is 19.1 Å². The van der Waals surface area contributed by atoms with Crippen LogP contribution in [0.5, 0.6) is 0 Å². The Balaban J connectivity index is 4.64. The highest BCUT2D eigenvalue weighted by atomic mass is 16.5. The first-order valence-corrected chi connectivity index (χ1v) is 6.05. The van der Waals surface area contributed by atoms with Gasteiger partial charge in [-0.1, -0.05) is 41.5 Å². The topological polar surface area (TPSA) is 63.6 Å². The van der Waals surface area contributed by atoms with Crippen LogP contribution < -0.4 is 0 Å². The smallest absolute Gasteiger partial charge is 0.330 e. The van der Waals surface area contributed by atoms with Gasteiger partial charge in [0.25, 0.3) is 0 Å². The average molecular weight is 276 g/mol. The number of aliphatic carboxylic acids is 1. The Hall–Kier alpha value is -2.36. The molecule has 0 saturated heterocycles. The summed E-state index contributed by atoms with van der Waals surface area (Å²) in [5.41, 5.74) is 2.50. The SMILES string of the molecule is COC(=O)/C=C/C(C)=C/C=C/C(C)=C/C(C)=C/C(=O)O. The third-order valence-corrected chi connectivity index (χ3v) is 2.21. The van der Waals surface area contributed by atoms with Crippen molar-refractivity contribution in [2.45, 2.75) is 20.8 Å². The summed E-state index contributed by atoms with van der Waals surface area (Å²) in [6, 6.07) is 0. The molecule has 0 heterocycles. The molecular weight excluding hydrogens is 256 g/mol. The minimum Gasteiger partial charge on any atom is -0.478 e. The Labute approximate surface area is 119 Å². The zero-order chi connectivity index (χ0) is 15.5. The van der Waals surface area contributed by atoms with Gasteiger partial charge >= 0.3 is 11.9 Å². The Morgan fingerprint density at radius 2 is 1.55 bits per heavy atom. The first-order valence-electron chi connectivity index (χ1n) is 6.05. The van der Waals surface area contributed by atoms with Gasteiger partial charge in [0.2, 0.25) is 0 Å². The van der Waals surface area contributed by atoms with Crippen LogP contribution in [-0.4, -0.2) is 24.2 Å². The van der Waals surface area contributed by atoms with E-state index in [0.29, 0.717) is 5.57 Å². The molecule has 0 saturated carbocycles. The van der Waals surface area contributed by atoms with Crippen molar-refractivity contribution in [1.29, 1.82) is 0 Å². The standard InChI is InChI=1S/C16H20O4/c1-12(8-9-16(19)20-4)6-5-7-13(2)10-14(3)11-15(17)18/h5-11H,1-4H3,(H,17,18)/b7-5+,9-8+,12-6+,13-10+,14-11+. The highest BCUT2D eigenvalue weighted by Gasteiger charge is 1.91. The summed E-state index contributed by atoms with van der Waals surface area (Å²) in [6.07, 6.45) is 11.5. The normalized spacial score (nSPS) is 14.1. The van der Waals surface area contributed by atoms with Crippen LogP contribution in [0.15, 0.2) is 59.3 Å². The van der Waals surface area contributed by atoms with E-state index in [-0.39, 0.29) is 0 Å². The van der Waals surface area contributed by atoms with Gasteiger partial charge in [-0.25, -0.2) is 9.59 Å². The molecule has 0 bridgehead atoms. The minimum absolute atomic E-state index is 0.396. The molecule has 0 unspecified atom stereocenters. The van der Waals surface area contributed by atoms with E-state index in [0.717, 1.165) is 17.2 Å². The molecule has 108 valence electrons. The summed E-state index contributed by atoms with van der Waals surface area (Å²) < 4.78 is 4.48. The number of carboxylic acids is 1. The molecule has 0 fully saturated rings. The minimum atomic E-state index is -0.959. The second kappa shape index (κ2) is 9.55. The fourth-order valence-corrected chi connectivity index (χ4v) is 1.32. The first-order chi connectivity index (χ1) is 9.35. The molecule has 0 atom stereocenters. The Morgan fingerprint density at radius 1 is 0.900 bits per heavy atom. The molecule has 0 spiro atoms. The van der Waals surface area contributed by atoms with Crippen molar-refractivity contribution in [1.82, 2.24) is 0 Å². The average Bonchev–Trinajstić information content (AvgIpc) is 2.34. The molecule has 20 heavy (non-hydrogen) atoms. The van der Waals surface area contributed by atoms with Crippen LogP contribution in [0.1, 0.15) is 20.8 Å². The molecule has 0 aliphatic heterocycles. The summed E-state index contributed by atoms with van der Waals surface area (Å²) >= 11 is 0. The van der Waals surface area contributed by atoms with Crippen LogP contribution in [0.4, 0.5) is 0 Å². The molecule has 1 N–H and O–H groups in total. The number of carboxylic acid groups (broad SMARTS) is 1. The van der Waals surface area contributed by atoms with Gasteiger partial charge in [0, 0.05) is 12.2 Å². The third kappa shape index (κ3) is 9.65. The van der Waals surface area contributed by atoms with E-state index < -0.39 is 11.9 Å². The van der Waals surface area contributed by atoms with E-state index in [9.17, 15) is 9.59 Å². The van der Waals surface area contributed by atoms with Crippen molar-refractivity contribution in [3.8, 4) is 0 Å². The second-order valence-electron chi connectivity index (χ2n) is 4.24. The molecule has 0 radical (unpaired) electrons. The molecule has 0 aliphatic rings. The van der Waals surface area contributed by atoms with Crippen molar-refractivity contribution >= 4 is 11.9 Å². The van der Waals surface area contributed by atoms with Gasteiger partial charge in [-0.15, -0.1) is 0 Å². The van der Waals surface area contributed by atoms with Gasteiger partial charge < -0.3 is 9.84 Å². The molecule has 4 heteroatoms. The number of hydrogen-bond donors (Lipinski definition) is 1. The van der Waals surface area contributed by atoms with Crippen LogP contribution in [0.3, 0.4) is 0 Å². The molecule has 0 amide bonds. The highest BCUT2D eigenvalue weighted by Crippen LogP contribution is 2.04. The summed E-state index contributed by atoms with van der Waals surface area (Å²) in [4.78, 5) is 21.4. The first kappa shape index (κ1) is 17.6. The quantitative estimate of drug-likeness (QED) is 0.459. The van der Waals surface area contributed by atoms with E-state index in [4.69, 9.17) is 5.11 Å². The molecule has 0 aromatic carbocycles. The fourth-order valence-electron chi connectivity index (χ4n) is 1.32. The van der Waals surface area contributed by atoms with Gasteiger partial charge in [0.15, 0.2) is 0 Å². The highest BCUT2D eigenvalue weighted by molar-refractivity contribution is 5.82. The van der Waals surface area contributed by atoms with E-state index in [1.807, 2.05) is 32.1 Å². The van der Waals surface area contributed by atoms with Crippen molar-refractivity contribution in [2.24, 2.45) is 0 Å². The lowest BCUT2D eigenvalue weighted by Crippen LogP contribution is -1.93. The predicted octanol–water partition coefficient (Wildman–Crippen LogP) is 3.20. The number of allylic oxidation sites excluding steroid dienone is 8. The lowest BCUT2D eigenvalue weighted by molar-refractivity contribution is -0.135. The molecular formula is C16H20O4. The van der Waals surface area contributed by atoms with Crippen LogP contribution in [0.25, 0.3) is 0 Å². The largest absolute Gasteiger partial charge is 0.478 e. The molecule has 0 aromatic rings. The lowest BCUT2D eigenvalue weighted by Gasteiger charge is -1.94. The van der Waals surface area contributed by atoms with Gasteiger partial charge in [-0.3, -0.25) is 0 Å². The van der Waals surface area contributed by atoms with Crippen LogP contribution in [-0.2, 0) is 14.3 Å². The number of carbonyl (C=O) groups is 2. The van der Waals surface area contributed by atoms with E-state index in [1.165, 1.54) is 13.2 Å². The molecule has 0 rings (SSSR count). The molecule has 4 nitrogen and oxygen atoms in total. The van der Waals surface area contributed by atoms with E-state index in [2.05, 4.69) is 4.74 Å². The summed E-state index contributed by atoms with van der Waals surface area (Å²) in [5.74, 6) is -1.36. The number of hydrogen-bond acceptors (Lipinski definition) is 3. The maximum Gasteiger partial charge on any atom is 0.330 e. The maximum atomic E-state index is 10.9. The van der Waals surface area contributed by atoms with Crippen LogP contribution in [0, 0.1) is 0 Å². The van der Waals surface area contributed by atoms with Crippen molar-refractivity contribution < 1.29 is 19.4 Å². The third-order valence-electron chi connectivity index (χ3n) is 2.21. The van der Waals surface area contributed by atoms with Crippen LogP contribution in [0.2, 0.25) is 0 Å². The van der Waals surface area contributed by atoms with Gasteiger partial charge in [0.1, 0.15) is 0 Å². The number of esters is 1. The lowest BCUT2D eigenvalue weighted by atomic mass is 10.1. The molecule has 0 aromatic heterocycles. The Bertz CT molecular complexity index is 503. The summed E-state index contributed by atoms with van der Waals surface area (Å²) in [6.45, 7) is 5.47. The number of methoxy groups -OCH3 is 1. The summed E-state index contributed by atoms with van der Waals surface area (Å²) in [5, 5.41) is 8.59. The number of rotatable bonds is 6. The molecule has 0 aliphatic carbocycles. The van der Waals surface area contributed by atoms with Gasteiger partial charge in [-0.2, -0.15) is 0 Å². The predicted molar refractivity (Wildman–Crippen MR) is 79.2 cm³/mol. The van der Waals surface area contributed by atoms with Crippen LogP contribution >= 0.6 is 0 Å². The maximum absolute atomic E-state index is 10.9.